The number of anilines is 2. The first-order chi connectivity index (χ1) is 13.6. The molecule has 5 nitrogen and oxygen atoms in total. The molecule has 0 bridgehead atoms. The largest absolute Gasteiger partial charge is 0.497 e. The van der Waals surface area contributed by atoms with Crippen LogP contribution in [0, 0.1) is 0 Å². The summed E-state index contributed by atoms with van der Waals surface area (Å²) in [7, 11) is 1.61. The average molecular weight is 399 g/mol. The Balaban J connectivity index is 1.78. The van der Waals surface area contributed by atoms with Crippen molar-refractivity contribution >= 4 is 35.0 Å². The third-order valence-electron chi connectivity index (χ3n) is 4.66. The number of thioether (sulfide) groups is 1. The van der Waals surface area contributed by atoms with E-state index in [4.69, 9.17) is 4.74 Å². The molecule has 28 heavy (non-hydrogen) atoms. The van der Waals surface area contributed by atoms with E-state index in [1.165, 1.54) is 0 Å². The molecule has 2 aromatic carbocycles. The smallest absolute Gasteiger partial charge is 0.238 e. The number of hydrogen-bond donors (Lipinski definition) is 1. The summed E-state index contributed by atoms with van der Waals surface area (Å²) < 4.78 is 5.30. The molecule has 3 rings (SSSR count). The van der Waals surface area contributed by atoms with E-state index in [0.29, 0.717) is 17.9 Å². The van der Waals surface area contributed by atoms with Gasteiger partial charge in [-0.05, 0) is 36.2 Å². The summed E-state index contributed by atoms with van der Waals surface area (Å²) in [5.74, 6) is 1.24. The van der Waals surface area contributed by atoms with Gasteiger partial charge in [-0.1, -0.05) is 38.0 Å². The second kappa shape index (κ2) is 9.64. The van der Waals surface area contributed by atoms with Gasteiger partial charge in [-0.3, -0.25) is 14.5 Å². The normalized spacial score (nSPS) is 16.3. The van der Waals surface area contributed by atoms with Crippen LogP contribution in [0.4, 0.5) is 11.4 Å². The zero-order valence-corrected chi connectivity index (χ0v) is 17.1. The molecule has 1 fully saturated rings. The van der Waals surface area contributed by atoms with Crippen LogP contribution in [0.25, 0.3) is 0 Å². The summed E-state index contributed by atoms with van der Waals surface area (Å²) in [6.45, 7) is 2.12. The van der Waals surface area contributed by atoms with Crippen molar-refractivity contribution in [3.8, 4) is 5.75 Å². The zero-order chi connectivity index (χ0) is 19.9. The van der Waals surface area contributed by atoms with E-state index in [0.717, 1.165) is 36.2 Å². The quantitative estimate of drug-likeness (QED) is 0.636. The number of amides is 2. The molecular weight excluding hydrogens is 372 g/mol. The SMILES string of the molecule is CCCCCC(=O)Nc1cccc(C2SCC(=O)N2c2cccc(OC)c2)c1. The first-order valence-corrected chi connectivity index (χ1v) is 10.6. The minimum Gasteiger partial charge on any atom is -0.497 e. The van der Waals surface area contributed by atoms with Crippen LogP contribution >= 0.6 is 11.8 Å². The Kier molecular flexibility index (Phi) is 6.98. The molecule has 148 valence electrons. The molecule has 1 aliphatic heterocycles. The predicted molar refractivity (Wildman–Crippen MR) is 115 cm³/mol. The Morgan fingerprint density at radius 2 is 2.04 bits per heavy atom. The maximum absolute atomic E-state index is 12.6. The second-order valence-electron chi connectivity index (χ2n) is 6.76. The van der Waals surface area contributed by atoms with E-state index < -0.39 is 0 Å². The van der Waals surface area contributed by atoms with Crippen LogP contribution in [0.1, 0.15) is 43.5 Å². The van der Waals surface area contributed by atoms with E-state index in [1.807, 2.05) is 48.5 Å². The van der Waals surface area contributed by atoms with Gasteiger partial charge in [0, 0.05) is 23.9 Å². The number of methoxy groups -OCH3 is 1. The molecule has 2 aromatic rings. The third kappa shape index (κ3) is 4.87. The summed E-state index contributed by atoms with van der Waals surface area (Å²) >= 11 is 1.59. The summed E-state index contributed by atoms with van der Waals surface area (Å²) in [6.07, 6.45) is 3.59. The molecule has 1 heterocycles. The van der Waals surface area contributed by atoms with Crippen molar-refractivity contribution in [1.29, 1.82) is 0 Å². The van der Waals surface area contributed by atoms with Crippen molar-refractivity contribution < 1.29 is 14.3 Å². The molecule has 0 spiro atoms. The predicted octanol–water partition coefficient (Wildman–Crippen LogP) is 4.99. The molecule has 1 N–H and O–H groups in total. The third-order valence-corrected chi connectivity index (χ3v) is 5.87. The van der Waals surface area contributed by atoms with Crippen LogP contribution in [0.15, 0.2) is 48.5 Å². The number of hydrogen-bond acceptors (Lipinski definition) is 4. The highest BCUT2D eigenvalue weighted by Crippen LogP contribution is 2.42. The van der Waals surface area contributed by atoms with Crippen molar-refractivity contribution in [2.45, 2.75) is 38.0 Å². The van der Waals surface area contributed by atoms with Gasteiger partial charge in [-0.2, -0.15) is 0 Å². The first kappa shape index (κ1) is 20.3. The zero-order valence-electron chi connectivity index (χ0n) is 16.3. The highest BCUT2D eigenvalue weighted by atomic mass is 32.2. The van der Waals surface area contributed by atoms with Crippen LogP contribution < -0.4 is 15.0 Å². The Labute approximate surface area is 170 Å². The van der Waals surface area contributed by atoms with Crippen LogP contribution in [-0.2, 0) is 9.59 Å². The minimum atomic E-state index is -0.128. The molecule has 0 radical (unpaired) electrons. The molecular formula is C22H26N2O3S. The summed E-state index contributed by atoms with van der Waals surface area (Å²) in [6, 6.07) is 15.3. The molecule has 1 unspecified atom stereocenters. The fourth-order valence-electron chi connectivity index (χ4n) is 3.24. The van der Waals surface area contributed by atoms with Crippen LogP contribution in [-0.4, -0.2) is 24.7 Å². The van der Waals surface area contributed by atoms with Gasteiger partial charge >= 0.3 is 0 Å². The van der Waals surface area contributed by atoms with Gasteiger partial charge in [0.05, 0.1) is 12.9 Å². The van der Waals surface area contributed by atoms with E-state index in [1.54, 1.807) is 23.8 Å². The molecule has 2 amide bonds. The Bertz CT molecular complexity index is 840. The number of benzene rings is 2. The molecule has 0 aliphatic carbocycles. The molecule has 1 aliphatic rings. The minimum absolute atomic E-state index is 0.0328. The molecule has 1 atom stereocenters. The maximum Gasteiger partial charge on any atom is 0.238 e. The molecule has 1 saturated heterocycles. The highest BCUT2D eigenvalue weighted by molar-refractivity contribution is 8.00. The van der Waals surface area contributed by atoms with Gasteiger partial charge in [0.2, 0.25) is 11.8 Å². The Hall–Kier alpha value is -2.47. The number of nitrogens with zero attached hydrogens (tertiary/aromatic N) is 1. The monoisotopic (exact) mass is 398 g/mol. The fraction of sp³-hybridized carbons (Fsp3) is 0.364. The van der Waals surface area contributed by atoms with Gasteiger partial charge in [-0.15, -0.1) is 11.8 Å². The fourth-order valence-corrected chi connectivity index (χ4v) is 4.41. The van der Waals surface area contributed by atoms with Crippen molar-refractivity contribution in [3.05, 3.63) is 54.1 Å². The van der Waals surface area contributed by atoms with Crippen LogP contribution in [0.3, 0.4) is 0 Å². The highest BCUT2D eigenvalue weighted by Gasteiger charge is 2.34. The lowest BCUT2D eigenvalue weighted by Gasteiger charge is -2.25. The average Bonchev–Trinajstić information content (AvgIpc) is 3.10. The number of ether oxygens (including phenoxy) is 1. The van der Waals surface area contributed by atoms with Crippen molar-refractivity contribution in [2.24, 2.45) is 0 Å². The lowest BCUT2D eigenvalue weighted by molar-refractivity contribution is -0.117. The van der Waals surface area contributed by atoms with E-state index in [9.17, 15) is 9.59 Å². The number of rotatable bonds is 8. The number of carbonyl (C=O) groups excluding carboxylic acids is 2. The van der Waals surface area contributed by atoms with Gasteiger partial charge in [0.1, 0.15) is 11.1 Å². The van der Waals surface area contributed by atoms with Gasteiger partial charge < -0.3 is 10.1 Å². The van der Waals surface area contributed by atoms with Gasteiger partial charge in [0.15, 0.2) is 0 Å². The van der Waals surface area contributed by atoms with E-state index >= 15 is 0 Å². The molecule has 6 heteroatoms. The van der Waals surface area contributed by atoms with Crippen molar-refractivity contribution in [3.63, 3.8) is 0 Å². The van der Waals surface area contributed by atoms with Gasteiger partial charge in [-0.25, -0.2) is 0 Å². The summed E-state index contributed by atoms with van der Waals surface area (Å²) in [5, 5.41) is 2.85. The van der Waals surface area contributed by atoms with Gasteiger partial charge in [0.25, 0.3) is 0 Å². The van der Waals surface area contributed by atoms with Crippen LogP contribution in [0.5, 0.6) is 5.75 Å². The standard InChI is InChI=1S/C22H26N2O3S/c1-3-4-5-12-20(25)23-17-9-6-8-16(13-17)22-24(21(26)15-28-22)18-10-7-11-19(14-18)27-2/h6-11,13-14,22H,3-5,12,15H2,1-2H3,(H,23,25). The number of unbranched alkanes of at least 4 members (excludes halogenated alkanes) is 2. The summed E-state index contributed by atoms with van der Waals surface area (Å²) in [5.41, 5.74) is 2.57. The molecule has 0 saturated carbocycles. The Morgan fingerprint density at radius 1 is 1.21 bits per heavy atom. The number of nitrogens with one attached hydrogen (secondary N) is 1. The maximum atomic E-state index is 12.6. The number of carbonyl (C=O) groups is 2. The van der Waals surface area contributed by atoms with Crippen LogP contribution in [0.2, 0.25) is 0 Å². The van der Waals surface area contributed by atoms with Crippen molar-refractivity contribution in [2.75, 3.05) is 23.1 Å². The topological polar surface area (TPSA) is 58.6 Å². The summed E-state index contributed by atoms with van der Waals surface area (Å²) in [4.78, 5) is 26.5. The van der Waals surface area contributed by atoms with E-state index in [-0.39, 0.29) is 17.2 Å². The van der Waals surface area contributed by atoms with E-state index in [2.05, 4.69) is 12.2 Å². The lowest BCUT2D eigenvalue weighted by Crippen LogP contribution is -2.27. The Morgan fingerprint density at radius 3 is 2.82 bits per heavy atom. The lowest BCUT2D eigenvalue weighted by atomic mass is 10.1. The first-order valence-electron chi connectivity index (χ1n) is 9.60. The van der Waals surface area contributed by atoms with Crippen molar-refractivity contribution in [1.82, 2.24) is 0 Å². The second-order valence-corrected chi connectivity index (χ2v) is 7.83. The molecule has 0 aromatic heterocycles.